The van der Waals surface area contributed by atoms with Crippen molar-refractivity contribution in [2.75, 3.05) is 11.1 Å². The number of amides is 1. The Hall–Kier alpha value is -2.84. The third kappa shape index (κ3) is 3.56. The lowest BCUT2D eigenvalue weighted by atomic mass is 10.2. The van der Waals surface area contributed by atoms with Crippen LogP contribution in [0.4, 0.5) is 5.82 Å². The molecular weight excluding hydrogens is 374 g/mol. The first-order valence-electron chi connectivity index (χ1n) is 7.63. The van der Waals surface area contributed by atoms with Gasteiger partial charge in [0, 0.05) is 23.3 Å². The first-order valence-corrected chi connectivity index (χ1v) is 8.99. The van der Waals surface area contributed by atoms with Crippen molar-refractivity contribution < 1.29 is 9.21 Å². The zero-order valence-electron chi connectivity index (χ0n) is 13.3. The SMILES string of the molecule is O=C(CSc1nnc(-c2c[nH]c3ccccc23)o1)Nc1ccc(Cl)cn1. The number of aromatic nitrogens is 4. The van der Waals surface area contributed by atoms with E-state index < -0.39 is 0 Å². The highest BCUT2D eigenvalue weighted by Gasteiger charge is 2.14. The van der Waals surface area contributed by atoms with Gasteiger partial charge in [0.05, 0.1) is 16.3 Å². The maximum Gasteiger partial charge on any atom is 0.277 e. The van der Waals surface area contributed by atoms with Crippen molar-refractivity contribution in [1.29, 1.82) is 0 Å². The Morgan fingerprint density at radius 3 is 2.96 bits per heavy atom. The third-order valence-corrected chi connectivity index (χ3v) is 4.59. The minimum absolute atomic E-state index is 0.125. The third-order valence-electron chi connectivity index (χ3n) is 3.55. The van der Waals surface area contributed by atoms with Crippen LogP contribution in [0.1, 0.15) is 0 Å². The maximum atomic E-state index is 12.0. The summed E-state index contributed by atoms with van der Waals surface area (Å²) >= 11 is 6.92. The van der Waals surface area contributed by atoms with E-state index in [9.17, 15) is 4.79 Å². The monoisotopic (exact) mass is 385 g/mol. The number of carbonyl (C=O) groups is 1. The van der Waals surface area contributed by atoms with E-state index in [0.717, 1.165) is 28.2 Å². The highest BCUT2D eigenvalue weighted by molar-refractivity contribution is 7.99. The van der Waals surface area contributed by atoms with E-state index in [1.807, 2.05) is 30.5 Å². The van der Waals surface area contributed by atoms with E-state index in [1.54, 1.807) is 12.1 Å². The molecule has 2 N–H and O–H groups in total. The lowest BCUT2D eigenvalue weighted by Gasteiger charge is -2.02. The zero-order valence-corrected chi connectivity index (χ0v) is 14.8. The van der Waals surface area contributed by atoms with Gasteiger partial charge in [-0.2, -0.15) is 0 Å². The summed E-state index contributed by atoms with van der Waals surface area (Å²) in [5.41, 5.74) is 1.82. The molecule has 4 rings (SSSR count). The molecule has 0 saturated heterocycles. The Kier molecular flexibility index (Phi) is 4.59. The van der Waals surface area contributed by atoms with Gasteiger partial charge in [-0.3, -0.25) is 4.79 Å². The first-order chi connectivity index (χ1) is 12.7. The number of para-hydroxylation sites is 1. The quantitative estimate of drug-likeness (QED) is 0.504. The van der Waals surface area contributed by atoms with Crippen LogP contribution >= 0.6 is 23.4 Å². The van der Waals surface area contributed by atoms with Gasteiger partial charge in [0.2, 0.25) is 5.91 Å². The molecule has 4 aromatic rings. The predicted octanol–water partition coefficient (Wildman–Crippen LogP) is 4.00. The van der Waals surface area contributed by atoms with E-state index in [1.165, 1.54) is 6.20 Å². The minimum Gasteiger partial charge on any atom is -0.411 e. The number of carbonyl (C=O) groups excluding carboxylic acids is 1. The summed E-state index contributed by atoms with van der Waals surface area (Å²) in [6, 6.07) is 11.1. The van der Waals surface area contributed by atoms with Crippen molar-refractivity contribution in [1.82, 2.24) is 20.2 Å². The van der Waals surface area contributed by atoms with Gasteiger partial charge < -0.3 is 14.7 Å². The standard InChI is InChI=1S/C17H12ClN5O2S/c18-10-5-6-14(20-7-10)21-15(24)9-26-17-23-22-16(25-17)12-8-19-13-4-2-1-3-11(12)13/h1-8,19H,9H2,(H,20,21,24). The average Bonchev–Trinajstić information content (AvgIpc) is 3.28. The van der Waals surface area contributed by atoms with Gasteiger partial charge in [-0.15, -0.1) is 10.2 Å². The fourth-order valence-corrected chi connectivity index (χ4v) is 3.06. The van der Waals surface area contributed by atoms with E-state index in [2.05, 4.69) is 25.5 Å². The Balaban J connectivity index is 1.40. The number of anilines is 1. The van der Waals surface area contributed by atoms with Gasteiger partial charge in [-0.1, -0.05) is 41.6 Å². The molecule has 0 aliphatic carbocycles. The van der Waals surface area contributed by atoms with E-state index in [-0.39, 0.29) is 11.7 Å². The van der Waals surface area contributed by atoms with Crippen LogP contribution in [0.5, 0.6) is 0 Å². The molecule has 0 fully saturated rings. The Bertz CT molecular complexity index is 1060. The molecule has 0 radical (unpaired) electrons. The van der Waals surface area contributed by atoms with Crippen molar-refractivity contribution in [2.24, 2.45) is 0 Å². The first kappa shape index (κ1) is 16.6. The van der Waals surface area contributed by atoms with Gasteiger partial charge in [-0.05, 0) is 18.2 Å². The average molecular weight is 386 g/mol. The fourth-order valence-electron chi connectivity index (χ4n) is 2.38. The summed E-state index contributed by atoms with van der Waals surface area (Å²) in [4.78, 5) is 19.2. The molecule has 3 aromatic heterocycles. The van der Waals surface area contributed by atoms with Gasteiger partial charge in [-0.25, -0.2) is 4.98 Å². The number of halogens is 1. The van der Waals surface area contributed by atoms with Gasteiger partial charge >= 0.3 is 0 Å². The molecule has 0 atom stereocenters. The molecule has 0 saturated carbocycles. The fraction of sp³-hybridized carbons (Fsp3) is 0.0588. The largest absolute Gasteiger partial charge is 0.411 e. The summed E-state index contributed by atoms with van der Waals surface area (Å²) in [6.07, 6.45) is 3.29. The van der Waals surface area contributed by atoms with Crippen molar-refractivity contribution in [3.8, 4) is 11.5 Å². The molecular formula is C17H12ClN5O2S. The van der Waals surface area contributed by atoms with Crippen LogP contribution in [0.15, 0.2) is 58.4 Å². The molecule has 9 heteroatoms. The topological polar surface area (TPSA) is 96.7 Å². The van der Waals surface area contributed by atoms with Crippen LogP contribution in [0, 0.1) is 0 Å². The maximum absolute atomic E-state index is 12.0. The summed E-state index contributed by atoms with van der Waals surface area (Å²) in [7, 11) is 0. The number of pyridine rings is 1. The Morgan fingerprint density at radius 1 is 1.23 bits per heavy atom. The number of nitrogens with one attached hydrogen (secondary N) is 2. The number of fused-ring (bicyclic) bond motifs is 1. The number of nitrogens with zero attached hydrogens (tertiary/aromatic N) is 3. The molecule has 3 heterocycles. The number of rotatable bonds is 5. The molecule has 1 aromatic carbocycles. The number of hydrogen-bond donors (Lipinski definition) is 2. The summed E-state index contributed by atoms with van der Waals surface area (Å²) in [5, 5.41) is 12.6. The van der Waals surface area contributed by atoms with Crippen LogP contribution < -0.4 is 5.32 Å². The van der Waals surface area contributed by atoms with Gasteiger partial charge in [0.25, 0.3) is 11.1 Å². The summed E-state index contributed by atoms with van der Waals surface area (Å²) in [5.74, 6) is 0.742. The smallest absolute Gasteiger partial charge is 0.277 e. The number of benzene rings is 1. The molecule has 130 valence electrons. The summed E-state index contributed by atoms with van der Waals surface area (Å²) < 4.78 is 5.66. The molecule has 26 heavy (non-hydrogen) atoms. The highest BCUT2D eigenvalue weighted by atomic mass is 35.5. The lowest BCUT2D eigenvalue weighted by Crippen LogP contribution is -2.14. The molecule has 0 aliphatic rings. The van der Waals surface area contributed by atoms with E-state index in [4.69, 9.17) is 16.0 Å². The second-order valence-electron chi connectivity index (χ2n) is 5.32. The number of hydrogen-bond acceptors (Lipinski definition) is 6. The Morgan fingerprint density at radius 2 is 2.12 bits per heavy atom. The highest BCUT2D eigenvalue weighted by Crippen LogP contribution is 2.29. The second kappa shape index (κ2) is 7.19. The molecule has 1 amide bonds. The van der Waals surface area contributed by atoms with E-state index in [0.29, 0.717) is 22.0 Å². The predicted molar refractivity (Wildman–Crippen MR) is 100 cm³/mol. The molecule has 7 nitrogen and oxygen atoms in total. The second-order valence-corrected chi connectivity index (χ2v) is 6.68. The van der Waals surface area contributed by atoms with Gasteiger partial charge in [0.1, 0.15) is 5.82 Å². The minimum atomic E-state index is -0.225. The van der Waals surface area contributed by atoms with Crippen LogP contribution in [-0.2, 0) is 4.79 Å². The van der Waals surface area contributed by atoms with Crippen LogP contribution in [0.3, 0.4) is 0 Å². The molecule has 0 spiro atoms. The van der Waals surface area contributed by atoms with E-state index >= 15 is 0 Å². The van der Waals surface area contributed by atoms with Crippen LogP contribution in [0.25, 0.3) is 22.4 Å². The van der Waals surface area contributed by atoms with Crippen molar-refractivity contribution in [3.63, 3.8) is 0 Å². The number of aromatic amines is 1. The van der Waals surface area contributed by atoms with Gasteiger partial charge in [0.15, 0.2) is 0 Å². The lowest BCUT2D eigenvalue weighted by molar-refractivity contribution is -0.113. The van der Waals surface area contributed by atoms with Crippen LogP contribution in [-0.4, -0.2) is 31.8 Å². The zero-order chi connectivity index (χ0) is 17.9. The summed E-state index contributed by atoms with van der Waals surface area (Å²) in [6.45, 7) is 0. The van der Waals surface area contributed by atoms with Crippen molar-refractivity contribution in [3.05, 3.63) is 53.8 Å². The van der Waals surface area contributed by atoms with Crippen LogP contribution in [0.2, 0.25) is 5.02 Å². The number of H-pyrrole nitrogens is 1. The molecule has 0 unspecified atom stereocenters. The number of thioether (sulfide) groups is 1. The Labute approximate surface area is 157 Å². The van der Waals surface area contributed by atoms with Crippen molar-refractivity contribution >= 4 is 46.0 Å². The van der Waals surface area contributed by atoms with Crippen molar-refractivity contribution in [2.45, 2.75) is 5.22 Å². The molecule has 0 bridgehead atoms. The molecule has 0 aliphatic heterocycles. The normalized spacial score (nSPS) is 11.0.